The molecule has 0 saturated carbocycles. The summed E-state index contributed by atoms with van der Waals surface area (Å²) >= 11 is 6.25. The quantitative estimate of drug-likeness (QED) is 0.0828. The summed E-state index contributed by atoms with van der Waals surface area (Å²) in [5.74, 6) is -0.507. The molecule has 0 unspecified atom stereocenters. The van der Waals surface area contributed by atoms with E-state index < -0.39 is 31.4 Å². The van der Waals surface area contributed by atoms with Crippen molar-refractivity contribution >= 4 is 61.2 Å². The second kappa shape index (κ2) is 17.3. The zero-order chi connectivity index (χ0) is 45.0. The summed E-state index contributed by atoms with van der Waals surface area (Å²) in [5, 5.41) is 17.1. The number of likely N-dealkylation sites (tertiary alicyclic amines) is 1. The molecule has 1 aliphatic carbocycles. The van der Waals surface area contributed by atoms with Crippen LogP contribution in [0.15, 0.2) is 89.6 Å². The fourth-order valence-electron chi connectivity index (χ4n) is 9.87. The van der Waals surface area contributed by atoms with Crippen molar-refractivity contribution in [1.29, 1.82) is 0 Å². The van der Waals surface area contributed by atoms with Crippen LogP contribution in [0.5, 0.6) is 17.2 Å². The van der Waals surface area contributed by atoms with Crippen LogP contribution in [0, 0.1) is 15.5 Å². The van der Waals surface area contributed by atoms with Crippen molar-refractivity contribution in [3.63, 3.8) is 0 Å². The first-order valence-electron chi connectivity index (χ1n) is 22.1. The molecule has 3 aromatic carbocycles. The molecule has 0 spiro atoms. The Morgan fingerprint density at radius 3 is 2.63 bits per heavy atom. The van der Waals surface area contributed by atoms with E-state index in [1.54, 1.807) is 24.4 Å². The third kappa shape index (κ3) is 9.12. The minimum absolute atomic E-state index is 0.0112. The van der Waals surface area contributed by atoms with Crippen molar-refractivity contribution in [2.24, 2.45) is 5.41 Å². The number of benzene rings is 3. The van der Waals surface area contributed by atoms with Crippen LogP contribution in [-0.4, -0.2) is 116 Å². The van der Waals surface area contributed by atoms with Gasteiger partial charge in [-0.05, 0) is 78.6 Å². The second-order valence-electron chi connectivity index (χ2n) is 18.5. The summed E-state index contributed by atoms with van der Waals surface area (Å²) in [5.41, 5.74) is 5.33. The molecule has 340 valence electrons. The second-order valence-corrected chi connectivity index (χ2v) is 20.6. The van der Waals surface area contributed by atoms with Gasteiger partial charge in [-0.1, -0.05) is 43.2 Å². The molecule has 18 heteroatoms. The molecule has 5 aromatic rings. The average Bonchev–Trinajstić information content (AvgIpc) is 4.05. The number of nitro groups is 1. The Labute approximate surface area is 382 Å². The van der Waals surface area contributed by atoms with E-state index in [0.29, 0.717) is 43.7 Å². The summed E-state index contributed by atoms with van der Waals surface area (Å²) in [6.45, 7) is 10.8. The Morgan fingerprint density at radius 2 is 1.88 bits per heavy atom. The maximum Gasteiger partial charge on any atom is 0.297 e. The number of fused-ring (bicyclic) bond motifs is 4. The third-order valence-electron chi connectivity index (χ3n) is 13.4. The molecule has 16 nitrogen and oxygen atoms in total. The Hall–Kier alpha value is -5.72. The Bertz CT molecular complexity index is 2810. The number of nitro benzene ring substituents is 1. The Kier molecular flexibility index (Phi) is 11.5. The van der Waals surface area contributed by atoms with Crippen LogP contribution in [0.25, 0.3) is 16.6 Å². The minimum Gasteiger partial charge on any atom is -0.489 e. The highest BCUT2D eigenvalue weighted by atomic mass is 35.5. The summed E-state index contributed by atoms with van der Waals surface area (Å²) in [7, 11) is -4.66. The van der Waals surface area contributed by atoms with Gasteiger partial charge in [0.1, 0.15) is 23.8 Å². The molecule has 10 rings (SSSR count). The third-order valence-corrected chi connectivity index (χ3v) is 15.0. The molecule has 3 N–H and O–H groups in total. The van der Waals surface area contributed by atoms with Crippen LogP contribution in [0.3, 0.4) is 0 Å². The molecule has 0 radical (unpaired) electrons. The van der Waals surface area contributed by atoms with Gasteiger partial charge in [0, 0.05) is 92.3 Å². The number of morpholine rings is 1. The lowest BCUT2D eigenvalue weighted by Gasteiger charge is -2.39. The van der Waals surface area contributed by atoms with Gasteiger partial charge in [-0.3, -0.25) is 24.7 Å². The monoisotopic (exact) mass is 922 g/mol. The van der Waals surface area contributed by atoms with E-state index in [2.05, 4.69) is 60.7 Å². The number of halogens is 1. The number of nitrogens with one attached hydrogen (secondary N) is 3. The Morgan fingerprint density at radius 1 is 1.06 bits per heavy atom. The van der Waals surface area contributed by atoms with Gasteiger partial charge in [0.05, 0.1) is 40.3 Å². The maximum absolute atomic E-state index is 14.1. The summed E-state index contributed by atoms with van der Waals surface area (Å²) in [6.07, 6.45) is 7.62. The number of piperazine rings is 1. The highest BCUT2D eigenvalue weighted by Gasteiger charge is 2.41. The van der Waals surface area contributed by atoms with E-state index in [0.717, 1.165) is 74.0 Å². The number of rotatable bonds is 12. The smallest absolute Gasteiger partial charge is 0.297 e. The van der Waals surface area contributed by atoms with Crippen LogP contribution in [0.1, 0.15) is 55.5 Å². The van der Waals surface area contributed by atoms with Crippen LogP contribution in [-0.2, 0) is 14.8 Å². The van der Waals surface area contributed by atoms with Gasteiger partial charge in [-0.25, -0.2) is 18.1 Å². The van der Waals surface area contributed by atoms with Crippen molar-refractivity contribution in [1.82, 2.24) is 24.5 Å². The van der Waals surface area contributed by atoms with E-state index >= 15 is 0 Å². The van der Waals surface area contributed by atoms with Crippen LogP contribution in [0.2, 0.25) is 5.02 Å². The molecular weight excluding hydrogens is 872 g/mol. The fourth-order valence-corrected chi connectivity index (χ4v) is 11.0. The number of aromatic amines is 1. The summed E-state index contributed by atoms with van der Waals surface area (Å²) in [6, 6.07) is 19.0. The first-order chi connectivity index (χ1) is 31.2. The molecule has 1 amide bonds. The van der Waals surface area contributed by atoms with E-state index in [9.17, 15) is 23.3 Å². The van der Waals surface area contributed by atoms with E-state index in [1.807, 2.05) is 18.2 Å². The lowest BCUT2D eigenvalue weighted by atomic mass is 9.72. The van der Waals surface area contributed by atoms with E-state index in [-0.39, 0.29) is 46.9 Å². The predicted octanol–water partition coefficient (Wildman–Crippen LogP) is 7.47. The van der Waals surface area contributed by atoms with Gasteiger partial charge in [0.2, 0.25) is 0 Å². The van der Waals surface area contributed by atoms with Crippen LogP contribution in [0.4, 0.5) is 17.1 Å². The molecule has 65 heavy (non-hydrogen) atoms. The van der Waals surface area contributed by atoms with Gasteiger partial charge >= 0.3 is 0 Å². The number of sulfonamides is 1. The highest BCUT2D eigenvalue weighted by Crippen LogP contribution is 2.44. The topological polar surface area (TPSA) is 184 Å². The molecule has 2 aromatic heterocycles. The van der Waals surface area contributed by atoms with E-state index in [1.165, 1.54) is 35.0 Å². The lowest BCUT2D eigenvalue weighted by molar-refractivity contribution is -0.384. The number of nitrogens with zero attached hydrogens (tertiary/aromatic N) is 5. The SMILES string of the molecule is CC1(C)CCC(CN2CCN(c3ccc(C(=O)NS(=O)(=O)c4cc5c(c([N+](=O)[O-])c4)N[C@@H](CN4C[C@@H]6C[C@H]4CO6)CO5)c(Oc4cnc5[nH]ccc5c4)c3)CC2)=C(c2ccc(Cl)cc2)C1. The first-order valence-corrected chi connectivity index (χ1v) is 23.9. The van der Waals surface area contributed by atoms with E-state index in [4.69, 9.17) is 25.8 Å². The number of ether oxygens (including phenoxy) is 3. The van der Waals surface area contributed by atoms with Crippen molar-refractivity contribution in [3.05, 3.63) is 111 Å². The molecule has 3 atom stereocenters. The lowest BCUT2D eigenvalue weighted by Crippen LogP contribution is -2.47. The zero-order valence-electron chi connectivity index (χ0n) is 36.2. The van der Waals surface area contributed by atoms with Gasteiger partial charge in [0.25, 0.3) is 21.6 Å². The molecule has 5 aliphatic rings. The maximum atomic E-state index is 14.1. The van der Waals surface area contributed by atoms with Gasteiger partial charge in [-0.15, -0.1) is 0 Å². The molecule has 2 bridgehead atoms. The Balaban J connectivity index is 0.872. The van der Waals surface area contributed by atoms with Gasteiger partial charge in [0.15, 0.2) is 11.4 Å². The van der Waals surface area contributed by atoms with Gasteiger partial charge in [-0.2, -0.15) is 0 Å². The predicted molar refractivity (Wildman–Crippen MR) is 248 cm³/mol. The summed E-state index contributed by atoms with van der Waals surface area (Å²) < 4.78 is 48.0. The average molecular weight is 923 g/mol. The van der Waals surface area contributed by atoms with Gasteiger partial charge < -0.3 is 29.4 Å². The standard InChI is InChI=1S/C47H51ClN8O8S/c1-47(2)11-9-31(40(22-47)29-3-5-32(48)6-4-29)24-53-13-15-54(16-14-53)34-7-8-39(42(19-34)64-36-17-30-10-12-49-45(30)50-23-36)46(57)52-65(60,61)38-20-41(56(58)59)44-43(21-38)63-27-33(51-44)25-55-26-37-18-35(55)28-62-37/h3-8,10,12,17,19-21,23,33,35,37,51H,9,11,13-16,18,22,24-28H2,1-2H3,(H,49,50)(H,52,57)/t33-,35-,37-/m0/s1. The number of anilines is 2. The van der Waals surface area contributed by atoms with Crippen molar-refractivity contribution in [2.75, 3.05) is 69.2 Å². The van der Waals surface area contributed by atoms with Crippen molar-refractivity contribution in [2.45, 2.75) is 62.6 Å². The number of carbonyl (C=O) groups is 1. The number of aromatic nitrogens is 2. The largest absolute Gasteiger partial charge is 0.489 e. The normalized spacial score (nSPS) is 22.1. The number of hydrogen-bond acceptors (Lipinski definition) is 13. The minimum atomic E-state index is -4.66. The fraction of sp³-hybridized carbons (Fsp3) is 0.404. The number of amides is 1. The number of allylic oxidation sites excluding steroid dienone is 1. The first kappa shape index (κ1) is 43.2. The molecular formula is C47H51ClN8O8S. The van der Waals surface area contributed by atoms with Crippen molar-refractivity contribution in [3.8, 4) is 17.2 Å². The molecule has 3 saturated heterocycles. The zero-order valence-corrected chi connectivity index (χ0v) is 37.8. The highest BCUT2D eigenvalue weighted by molar-refractivity contribution is 7.90. The van der Waals surface area contributed by atoms with Crippen LogP contribution < -0.4 is 24.4 Å². The number of H-pyrrole nitrogens is 1. The number of pyridine rings is 1. The molecule has 4 aliphatic heterocycles. The molecule has 6 heterocycles. The molecule has 3 fully saturated rings. The number of carbonyl (C=O) groups excluding carboxylic acids is 1. The van der Waals surface area contributed by atoms with Crippen molar-refractivity contribution < 1.29 is 32.3 Å². The van der Waals surface area contributed by atoms with Crippen LogP contribution >= 0.6 is 11.6 Å². The summed E-state index contributed by atoms with van der Waals surface area (Å²) in [4.78, 5) is 39.8. The number of hydrogen-bond donors (Lipinski definition) is 3.